The van der Waals surface area contributed by atoms with Gasteiger partial charge >= 0.3 is 0 Å². The SMILES string of the molecule is CC(C)C(C)NC1CCN(C)CC1. The van der Waals surface area contributed by atoms with Gasteiger partial charge in [-0.15, -0.1) is 0 Å². The lowest BCUT2D eigenvalue weighted by Gasteiger charge is -2.32. The van der Waals surface area contributed by atoms with E-state index in [1.807, 2.05) is 0 Å². The normalized spacial score (nSPS) is 23.8. The molecule has 1 rings (SSSR count). The molecule has 1 aliphatic rings. The number of rotatable bonds is 3. The van der Waals surface area contributed by atoms with E-state index in [-0.39, 0.29) is 0 Å². The third-order valence-electron chi connectivity index (χ3n) is 3.22. The maximum Gasteiger partial charge on any atom is 0.00939 e. The Hall–Kier alpha value is -0.0800. The van der Waals surface area contributed by atoms with Crippen LogP contribution in [0.2, 0.25) is 0 Å². The monoisotopic (exact) mass is 184 g/mol. The molecule has 0 aromatic rings. The molecule has 0 aromatic carbocycles. The summed E-state index contributed by atoms with van der Waals surface area (Å²) in [5, 5.41) is 3.71. The van der Waals surface area contributed by atoms with Gasteiger partial charge < -0.3 is 10.2 Å². The van der Waals surface area contributed by atoms with Crippen LogP contribution in [0.5, 0.6) is 0 Å². The van der Waals surface area contributed by atoms with Crippen molar-refractivity contribution >= 4 is 0 Å². The second kappa shape index (κ2) is 4.97. The maximum atomic E-state index is 3.71. The summed E-state index contributed by atoms with van der Waals surface area (Å²) in [6.45, 7) is 9.37. The quantitative estimate of drug-likeness (QED) is 0.718. The fourth-order valence-electron chi connectivity index (χ4n) is 1.74. The van der Waals surface area contributed by atoms with Crippen LogP contribution in [0.25, 0.3) is 0 Å². The standard InChI is InChI=1S/C11H24N2/c1-9(2)10(3)12-11-5-7-13(4)8-6-11/h9-12H,5-8H2,1-4H3. The van der Waals surface area contributed by atoms with Crippen molar-refractivity contribution in [2.24, 2.45) is 5.92 Å². The first-order chi connectivity index (χ1) is 6.09. The van der Waals surface area contributed by atoms with E-state index in [0.29, 0.717) is 6.04 Å². The topological polar surface area (TPSA) is 15.3 Å². The number of nitrogens with one attached hydrogen (secondary N) is 1. The molecular formula is C11H24N2. The average Bonchev–Trinajstić information content (AvgIpc) is 2.08. The Morgan fingerprint density at radius 3 is 2.15 bits per heavy atom. The first kappa shape index (κ1) is 11.0. The zero-order valence-corrected chi connectivity index (χ0v) is 9.51. The Morgan fingerprint density at radius 1 is 1.15 bits per heavy atom. The van der Waals surface area contributed by atoms with Crippen LogP contribution < -0.4 is 5.32 Å². The molecule has 0 saturated carbocycles. The molecule has 2 heteroatoms. The third kappa shape index (κ3) is 3.65. The highest BCUT2D eigenvalue weighted by molar-refractivity contribution is 4.78. The predicted octanol–water partition coefficient (Wildman–Crippen LogP) is 1.71. The minimum atomic E-state index is 0.661. The van der Waals surface area contributed by atoms with E-state index in [4.69, 9.17) is 0 Å². The summed E-state index contributed by atoms with van der Waals surface area (Å²) in [5.74, 6) is 0.750. The molecule has 0 radical (unpaired) electrons. The van der Waals surface area contributed by atoms with Crippen LogP contribution in [0, 0.1) is 5.92 Å². The van der Waals surface area contributed by atoms with Gasteiger partial charge in [-0.05, 0) is 45.8 Å². The van der Waals surface area contributed by atoms with Crippen molar-refractivity contribution in [1.29, 1.82) is 0 Å². The molecule has 0 spiro atoms. The molecule has 1 atom stereocenters. The summed E-state index contributed by atoms with van der Waals surface area (Å²) in [4.78, 5) is 2.41. The molecule has 0 amide bonds. The van der Waals surface area contributed by atoms with Gasteiger partial charge in [-0.3, -0.25) is 0 Å². The van der Waals surface area contributed by atoms with Crippen LogP contribution in [0.15, 0.2) is 0 Å². The zero-order chi connectivity index (χ0) is 9.84. The molecule has 1 saturated heterocycles. The molecule has 0 aromatic heterocycles. The number of likely N-dealkylation sites (tertiary alicyclic amines) is 1. The van der Waals surface area contributed by atoms with Crippen molar-refractivity contribution in [2.45, 2.75) is 45.7 Å². The Labute approximate surface area is 82.7 Å². The smallest absolute Gasteiger partial charge is 0.00939 e. The zero-order valence-electron chi connectivity index (χ0n) is 9.51. The van der Waals surface area contributed by atoms with Gasteiger partial charge in [0.15, 0.2) is 0 Å². The van der Waals surface area contributed by atoms with Crippen LogP contribution >= 0.6 is 0 Å². The Morgan fingerprint density at radius 2 is 1.69 bits per heavy atom. The van der Waals surface area contributed by atoms with Gasteiger partial charge in [0.25, 0.3) is 0 Å². The first-order valence-electron chi connectivity index (χ1n) is 5.54. The molecular weight excluding hydrogens is 160 g/mol. The van der Waals surface area contributed by atoms with Crippen molar-refractivity contribution in [3.05, 3.63) is 0 Å². The molecule has 1 heterocycles. The Balaban J connectivity index is 2.22. The van der Waals surface area contributed by atoms with E-state index in [2.05, 4.69) is 38.0 Å². The number of piperidine rings is 1. The van der Waals surface area contributed by atoms with Gasteiger partial charge in [0, 0.05) is 12.1 Å². The highest BCUT2D eigenvalue weighted by atomic mass is 15.1. The maximum absolute atomic E-state index is 3.71. The van der Waals surface area contributed by atoms with E-state index in [9.17, 15) is 0 Å². The van der Waals surface area contributed by atoms with Crippen molar-refractivity contribution in [3.8, 4) is 0 Å². The summed E-state index contributed by atoms with van der Waals surface area (Å²) >= 11 is 0. The summed E-state index contributed by atoms with van der Waals surface area (Å²) in [6.07, 6.45) is 2.63. The van der Waals surface area contributed by atoms with E-state index < -0.39 is 0 Å². The largest absolute Gasteiger partial charge is 0.311 e. The van der Waals surface area contributed by atoms with Crippen molar-refractivity contribution in [2.75, 3.05) is 20.1 Å². The molecule has 78 valence electrons. The summed E-state index contributed by atoms with van der Waals surface area (Å²) < 4.78 is 0. The summed E-state index contributed by atoms with van der Waals surface area (Å²) in [5.41, 5.74) is 0. The molecule has 0 aliphatic carbocycles. The van der Waals surface area contributed by atoms with E-state index in [1.165, 1.54) is 25.9 Å². The lowest BCUT2D eigenvalue weighted by atomic mass is 10.0. The van der Waals surface area contributed by atoms with Crippen LogP contribution in [-0.4, -0.2) is 37.1 Å². The number of nitrogens with zero attached hydrogens (tertiary/aromatic N) is 1. The van der Waals surface area contributed by atoms with E-state index in [0.717, 1.165) is 12.0 Å². The van der Waals surface area contributed by atoms with Crippen LogP contribution in [0.4, 0.5) is 0 Å². The van der Waals surface area contributed by atoms with Crippen LogP contribution in [-0.2, 0) is 0 Å². The fourth-order valence-corrected chi connectivity index (χ4v) is 1.74. The first-order valence-corrected chi connectivity index (χ1v) is 5.54. The molecule has 13 heavy (non-hydrogen) atoms. The molecule has 1 N–H and O–H groups in total. The van der Waals surface area contributed by atoms with Crippen LogP contribution in [0.3, 0.4) is 0 Å². The number of hydrogen-bond donors (Lipinski definition) is 1. The lowest BCUT2D eigenvalue weighted by Crippen LogP contribution is -2.45. The van der Waals surface area contributed by atoms with Gasteiger partial charge in [-0.2, -0.15) is 0 Å². The molecule has 1 aliphatic heterocycles. The highest BCUT2D eigenvalue weighted by Gasteiger charge is 2.18. The number of hydrogen-bond acceptors (Lipinski definition) is 2. The van der Waals surface area contributed by atoms with Crippen molar-refractivity contribution in [3.63, 3.8) is 0 Å². The van der Waals surface area contributed by atoms with Gasteiger partial charge in [0.2, 0.25) is 0 Å². The van der Waals surface area contributed by atoms with Gasteiger partial charge in [-0.1, -0.05) is 13.8 Å². The van der Waals surface area contributed by atoms with Crippen molar-refractivity contribution in [1.82, 2.24) is 10.2 Å². The summed E-state index contributed by atoms with van der Waals surface area (Å²) in [7, 11) is 2.21. The second-order valence-corrected chi connectivity index (χ2v) is 4.78. The Kier molecular flexibility index (Phi) is 4.20. The predicted molar refractivity (Wildman–Crippen MR) is 58.0 cm³/mol. The van der Waals surface area contributed by atoms with Crippen molar-refractivity contribution < 1.29 is 0 Å². The van der Waals surface area contributed by atoms with E-state index in [1.54, 1.807) is 0 Å². The molecule has 0 bridgehead atoms. The fraction of sp³-hybridized carbons (Fsp3) is 1.00. The lowest BCUT2D eigenvalue weighted by molar-refractivity contribution is 0.217. The minimum absolute atomic E-state index is 0.661. The highest BCUT2D eigenvalue weighted by Crippen LogP contribution is 2.11. The van der Waals surface area contributed by atoms with Gasteiger partial charge in [0.05, 0.1) is 0 Å². The summed E-state index contributed by atoms with van der Waals surface area (Å²) in [6, 6.07) is 1.42. The third-order valence-corrected chi connectivity index (χ3v) is 3.22. The van der Waals surface area contributed by atoms with Gasteiger partial charge in [0.1, 0.15) is 0 Å². The average molecular weight is 184 g/mol. The molecule has 2 nitrogen and oxygen atoms in total. The van der Waals surface area contributed by atoms with Gasteiger partial charge in [-0.25, -0.2) is 0 Å². The molecule has 1 unspecified atom stereocenters. The Bertz CT molecular complexity index is 137. The van der Waals surface area contributed by atoms with E-state index >= 15 is 0 Å². The molecule has 1 fully saturated rings. The van der Waals surface area contributed by atoms with Crippen LogP contribution in [0.1, 0.15) is 33.6 Å². The minimum Gasteiger partial charge on any atom is -0.311 e. The second-order valence-electron chi connectivity index (χ2n) is 4.78.